The van der Waals surface area contributed by atoms with Crippen LogP contribution < -0.4 is 10.6 Å². The fourth-order valence-electron chi connectivity index (χ4n) is 3.15. The highest BCUT2D eigenvalue weighted by Crippen LogP contribution is 2.27. The molecule has 1 unspecified atom stereocenters. The molecule has 7 nitrogen and oxygen atoms in total. The van der Waals surface area contributed by atoms with Crippen LogP contribution in [-0.4, -0.2) is 32.7 Å². The lowest BCUT2D eigenvalue weighted by Gasteiger charge is -2.08. The SMILES string of the molecule is CCNC(=O)c1cccn2cc(C(=O)NCc3csc(C4C=CC=CC4)n3)nc12. The number of nitrogens with zero attached hydrogens (tertiary/aromatic N) is 3. The maximum absolute atomic E-state index is 12.6. The molecule has 0 saturated heterocycles. The molecule has 4 rings (SSSR count). The molecule has 2 N–H and O–H groups in total. The van der Waals surface area contributed by atoms with Gasteiger partial charge in [0.15, 0.2) is 5.65 Å². The number of carbonyl (C=O) groups excluding carboxylic acids is 2. The highest BCUT2D eigenvalue weighted by Gasteiger charge is 2.17. The highest BCUT2D eigenvalue weighted by molar-refractivity contribution is 7.09. The monoisotopic (exact) mass is 407 g/mol. The Bertz CT molecular complexity index is 1110. The molecule has 3 aromatic heterocycles. The number of hydrogen-bond donors (Lipinski definition) is 2. The molecule has 1 atom stereocenters. The number of aromatic nitrogens is 3. The molecule has 0 aliphatic heterocycles. The van der Waals surface area contributed by atoms with E-state index in [2.05, 4.69) is 32.8 Å². The van der Waals surface area contributed by atoms with Gasteiger partial charge in [0.2, 0.25) is 0 Å². The molecule has 3 aromatic rings. The van der Waals surface area contributed by atoms with Crippen LogP contribution >= 0.6 is 11.3 Å². The van der Waals surface area contributed by atoms with Crippen molar-refractivity contribution in [1.82, 2.24) is 25.0 Å². The second-order valence-electron chi connectivity index (χ2n) is 6.65. The Balaban J connectivity index is 1.45. The average molecular weight is 407 g/mol. The lowest BCUT2D eigenvalue weighted by Crippen LogP contribution is -2.24. The number of hydrogen-bond acceptors (Lipinski definition) is 5. The van der Waals surface area contributed by atoms with E-state index in [1.165, 1.54) is 0 Å². The predicted octanol–water partition coefficient (Wildman–Crippen LogP) is 3.07. The van der Waals surface area contributed by atoms with E-state index in [1.807, 2.05) is 24.5 Å². The molecule has 0 radical (unpaired) electrons. The van der Waals surface area contributed by atoms with Gasteiger partial charge in [-0.15, -0.1) is 11.3 Å². The number of thiazole rings is 1. The highest BCUT2D eigenvalue weighted by atomic mass is 32.1. The smallest absolute Gasteiger partial charge is 0.271 e. The second-order valence-corrected chi connectivity index (χ2v) is 7.54. The van der Waals surface area contributed by atoms with Crippen molar-refractivity contribution in [2.45, 2.75) is 25.8 Å². The van der Waals surface area contributed by atoms with Gasteiger partial charge in [-0.1, -0.05) is 24.3 Å². The van der Waals surface area contributed by atoms with Gasteiger partial charge in [-0.2, -0.15) is 0 Å². The third-order valence-corrected chi connectivity index (χ3v) is 5.62. The molecule has 3 heterocycles. The van der Waals surface area contributed by atoms with Crippen LogP contribution in [0.15, 0.2) is 54.2 Å². The van der Waals surface area contributed by atoms with Gasteiger partial charge >= 0.3 is 0 Å². The number of pyridine rings is 1. The topological polar surface area (TPSA) is 88.4 Å². The summed E-state index contributed by atoms with van der Waals surface area (Å²) >= 11 is 1.61. The third kappa shape index (κ3) is 4.12. The summed E-state index contributed by atoms with van der Waals surface area (Å²) in [5.41, 5.74) is 1.98. The van der Waals surface area contributed by atoms with Crippen molar-refractivity contribution in [3.8, 4) is 0 Å². The second kappa shape index (κ2) is 8.40. The van der Waals surface area contributed by atoms with E-state index < -0.39 is 0 Å². The van der Waals surface area contributed by atoms with E-state index in [9.17, 15) is 9.59 Å². The van der Waals surface area contributed by atoms with E-state index >= 15 is 0 Å². The fraction of sp³-hybridized carbons (Fsp3) is 0.238. The summed E-state index contributed by atoms with van der Waals surface area (Å²) in [4.78, 5) is 33.8. The van der Waals surface area contributed by atoms with Crippen LogP contribution in [-0.2, 0) is 6.54 Å². The Labute approximate surface area is 172 Å². The van der Waals surface area contributed by atoms with Gasteiger partial charge in [0.1, 0.15) is 10.7 Å². The summed E-state index contributed by atoms with van der Waals surface area (Å²) in [6, 6.07) is 3.45. The van der Waals surface area contributed by atoms with Gasteiger partial charge in [-0.3, -0.25) is 9.59 Å². The first-order valence-corrected chi connectivity index (χ1v) is 10.4. The Morgan fingerprint density at radius 3 is 2.93 bits per heavy atom. The molecule has 1 aliphatic carbocycles. The number of rotatable bonds is 6. The van der Waals surface area contributed by atoms with Crippen LogP contribution in [0.2, 0.25) is 0 Å². The number of amides is 2. The van der Waals surface area contributed by atoms with E-state index in [-0.39, 0.29) is 17.5 Å². The molecule has 0 saturated carbocycles. The zero-order chi connectivity index (χ0) is 20.2. The number of fused-ring (bicyclic) bond motifs is 1. The van der Waals surface area contributed by atoms with Crippen LogP contribution in [0.4, 0.5) is 0 Å². The molecule has 0 aromatic carbocycles. The van der Waals surface area contributed by atoms with Crippen molar-refractivity contribution in [1.29, 1.82) is 0 Å². The van der Waals surface area contributed by atoms with Gasteiger partial charge in [0, 0.05) is 30.2 Å². The molecule has 0 spiro atoms. The van der Waals surface area contributed by atoms with Crippen LogP contribution in [0, 0.1) is 0 Å². The van der Waals surface area contributed by atoms with Crippen molar-refractivity contribution >= 4 is 28.8 Å². The van der Waals surface area contributed by atoms with Crippen molar-refractivity contribution in [3.63, 3.8) is 0 Å². The van der Waals surface area contributed by atoms with Crippen molar-refractivity contribution in [2.75, 3.05) is 6.54 Å². The minimum absolute atomic E-state index is 0.211. The summed E-state index contributed by atoms with van der Waals surface area (Å²) in [6.07, 6.45) is 12.7. The zero-order valence-corrected chi connectivity index (χ0v) is 16.8. The molecular weight excluding hydrogens is 386 g/mol. The summed E-state index contributed by atoms with van der Waals surface area (Å²) < 4.78 is 1.68. The van der Waals surface area contributed by atoms with E-state index in [4.69, 9.17) is 0 Å². The predicted molar refractivity (Wildman–Crippen MR) is 112 cm³/mol. The van der Waals surface area contributed by atoms with E-state index in [0.29, 0.717) is 30.2 Å². The van der Waals surface area contributed by atoms with Gasteiger partial charge in [0.05, 0.1) is 17.8 Å². The first kappa shape index (κ1) is 19.1. The Morgan fingerprint density at radius 2 is 2.14 bits per heavy atom. The molecule has 148 valence electrons. The summed E-state index contributed by atoms with van der Waals surface area (Å²) in [7, 11) is 0. The first-order chi connectivity index (χ1) is 14.2. The molecular formula is C21H21N5O2S. The first-order valence-electron chi connectivity index (χ1n) is 9.47. The Kier molecular flexibility index (Phi) is 5.53. The Morgan fingerprint density at radius 1 is 1.24 bits per heavy atom. The molecule has 1 aliphatic rings. The fourth-order valence-corrected chi connectivity index (χ4v) is 4.07. The van der Waals surface area contributed by atoms with Crippen LogP contribution in [0.25, 0.3) is 5.65 Å². The summed E-state index contributed by atoms with van der Waals surface area (Å²) in [5, 5.41) is 8.64. The molecule has 2 amide bonds. The number of imidazole rings is 1. The van der Waals surface area contributed by atoms with Gasteiger partial charge < -0.3 is 15.0 Å². The largest absolute Gasteiger partial charge is 0.352 e. The quantitative estimate of drug-likeness (QED) is 0.657. The van der Waals surface area contributed by atoms with Crippen molar-refractivity contribution in [2.24, 2.45) is 0 Å². The standard InChI is InChI=1S/C21H21N5O2S/c1-2-22-19(27)16-9-6-10-26-12-17(25-18(16)26)20(28)23-11-15-13-29-21(24-15)14-7-4-3-5-8-14/h3-7,9-10,12-14H,2,8,11H2,1H3,(H,22,27)(H,23,28). The maximum Gasteiger partial charge on any atom is 0.271 e. The number of nitrogens with one attached hydrogen (secondary N) is 2. The van der Waals surface area contributed by atoms with Crippen LogP contribution in [0.1, 0.15) is 50.8 Å². The normalized spacial score (nSPS) is 15.6. The van der Waals surface area contributed by atoms with Gasteiger partial charge in [0.25, 0.3) is 11.8 Å². The van der Waals surface area contributed by atoms with Crippen molar-refractivity contribution in [3.05, 3.63) is 76.2 Å². The Hall–Kier alpha value is -3.26. The third-order valence-electron chi connectivity index (χ3n) is 4.59. The van der Waals surface area contributed by atoms with E-state index in [1.54, 1.807) is 40.3 Å². The average Bonchev–Trinajstić information content (AvgIpc) is 3.40. The van der Waals surface area contributed by atoms with E-state index in [0.717, 1.165) is 17.1 Å². The van der Waals surface area contributed by atoms with Gasteiger partial charge in [-0.05, 0) is 25.5 Å². The summed E-state index contributed by atoms with van der Waals surface area (Å²) in [5.74, 6) is -0.205. The molecule has 8 heteroatoms. The minimum atomic E-state index is -0.300. The zero-order valence-electron chi connectivity index (χ0n) is 16.0. The molecule has 0 fully saturated rings. The minimum Gasteiger partial charge on any atom is -0.352 e. The van der Waals surface area contributed by atoms with Crippen LogP contribution in [0.3, 0.4) is 0 Å². The summed E-state index contributed by atoms with van der Waals surface area (Å²) in [6.45, 7) is 2.71. The lowest BCUT2D eigenvalue weighted by atomic mass is 10.0. The number of allylic oxidation sites excluding steroid dienone is 4. The molecule has 0 bridgehead atoms. The number of carbonyl (C=O) groups is 2. The maximum atomic E-state index is 12.6. The van der Waals surface area contributed by atoms with Crippen LogP contribution in [0.5, 0.6) is 0 Å². The molecule has 29 heavy (non-hydrogen) atoms. The van der Waals surface area contributed by atoms with Crippen molar-refractivity contribution < 1.29 is 9.59 Å². The van der Waals surface area contributed by atoms with Gasteiger partial charge in [-0.25, -0.2) is 9.97 Å². The lowest BCUT2D eigenvalue weighted by molar-refractivity contribution is 0.0940.